The maximum Gasteiger partial charge on any atom is 0.341 e. The average molecular weight is 374 g/mol. The van der Waals surface area contributed by atoms with Crippen molar-refractivity contribution in [3.8, 4) is 5.75 Å². The summed E-state index contributed by atoms with van der Waals surface area (Å²) in [5.74, 6) is -0.441. The van der Waals surface area contributed by atoms with Crippen molar-refractivity contribution >= 4 is 23.5 Å². The van der Waals surface area contributed by atoms with Gasteiger partial charge in [-0.25, -0.2) is 4.79 Å². The Morgan fingerprint density at radius 1 is 1.19 bits per heavy atom. The Balaban J connectivity index is 1.65. The number of hydrogen-bond acceptors (Lipinski definition) is 3. The molecule has 0 saturated heterocycles. The van der Waals surface area contributed by atoms with E-state index < -0.39 is 11.4 Å². The molecule has 1 amide bonds. The Bertz CT molecular complexity index is 815. The van der Waals surface area contributed by atoms with E-state index in [1.165, 1.54) is 0 Å². The third kappa shape index (κ3) is 3.99. The van der Waals surface area contributed by atoms with E-state index in [1.54, 1.807) is 24.1 Å². The lowest BCUT2D eigenvalue weighted by molar-refractivity contribution is -0.139. The van der Waals surface area contributed by atoms with Crippen LogP contribution < -0.4 is 4.74 Å². The average Bonchev–Trinajstić information content (AvgIpc) is 3.42. The molecular formula is C20H20ClNO4. The van der Waals surface area contributed by atoms with Crippen molar-refractivity contribution in [2.75, 3.05) is 13.7 Å². The molecule has 136 valence electrons. The molecule has 3 rings (SSSR count). The van der Waals surface area contributed by atoms with E-state index in [0.717, 1.165) is 24.0 Å². The van der Waals surface area contributed by atoms with Crippen molar-refractivity contribution in [1.82, 2.24) is 4.90 Å². The van der Waals surface area contributed by atoms with Gasteiger partial charge in [-0.05, 0) is 48.2 Å². The fourth-order valence-corrected chi connectivity index (χ4v) is 3.27. The van der Waals surface area contributed by atoms with Crippen molar-refractivity contribution in [2.24, 2.45) is 0 Å². The minimum absolute atomic E-state index is 0.0889. The molecule has 1 fully saturated rings. The summed E-state index contributed by atoms with van der Waals surface area (Å²) in [5, 5.41) is 9.27. The van der Waals surface area contributed by atoms with Crippen LogP contribution in [0.1, 0.15) is 24.0 Å². The molecule has 0 atom stereocenters. The van der Waals surface area contributed by atoms with Crippen molar-refractivity contribution in [3.05, 3.63) is 64.7 Å². The van der Waals surface area contributed by atoms with E-state index in [0.29, 0.717) is 17.3 Å². The van der Waals surface area contributed by atoms with Crippen LogP contribution >= 0.6 is 11.6 Å². The van der Waals surface area contributed by atoms with Crippen LogP contribution in [0, 0.1) is 0 Å². The van der Waals surface area contributed by atoms with Crippen LogP contribution in [0.15, 0.2) is 48.5 Å². The highest BCUT2D eigenvalue weighted by Gasteiger charge is 2.52. The molecule has 26 heavy (non-hydrogen) atoms. The molecule has 2 aromatic rings. The first-order valence-electron chi connectivity index (χ1n) is 8.36. The van der Waals surface area contributed by atoms with E-state index in [4.69, 9.17) is 21.4 Å². The molecule has 0 aliphatic heterocycles. The summed E-state index contributed by atoms with van der Waals surface area (Å²) in [6.07, 6.45) is 1.66. The molecule has 0 heterocycles. The van der Waals surface area contributed by atoms with Gasteiger partial charge >= 0.3 is 5.97 Å². The van der Waals surface area contributed by atoms with Crippen LogP contribution in [-0.4, -0.2) is 35.5 Å². The quantitative estimate of drug-likeness (QED) is 0.806. The van der Waals surface area contributed by atoms with Gasteiger partial charge < -0.3 is 14.7 Å². The molecule has 1 saturated carbocycles. The highest BCUT2D eigenvalue weighted by molar-refractivity contribution is 6.30. The third-order valence-electron chi connectivity index (χ3n) is 4.59. The van der Waals surface area contributed by atoms with Gasteiger partial charge in [-0.3, -0.25) is 4.79 Å². The SMILES string of the molecule is CN(Cc1ccc(OCC(=O)O)cc1)C(=O)C1(c2cccc(Cl)c2)CC1. The summed E-state index contributed by atoms with van der Waals surface area (Å²) in [6.45, 7) is 0.0975. The van der Waals surface area contributed by atoms with Crippen molar-refractivity contribution < 1.29 is 19.4 Å². The summed E-state index contributed by atoms with van der Waals surface area (Å²) in [6, 6.07) is 14.6. The van der Waals surface area contributed by atoms with Crippen molar-refractivity contribution in [2.45, 2.75) is 24.8 Å². The first kappa shape index (κ1) is 18.3. The first-order valence-corrected chi connectivity index (χ1v) is 8.74. The van der Waals surface area contributed by atoms with Gasteiger partial charge in [0.25, 0.3) is 0 Å². The zero-order valence-corrected chi connectivity index (χ0v) is 15.2. The fourth-order valence-electron chi connectivity index (χ4n) is 3.08. The number of amides is 1. The van der Waals surface area contributed by atoms with Gasteiger partial charge in [-0.2, -0.15) is 0 Å². The van der Waals surface area contributed by atoms with Crippen LogP contribution in [0.5, 0.6) is 5.75 Å². The lowest BCUT2D eigenvalue weighted by atomic mass is 9.94. The normalized spacial score (nSPS) is 14.5. The van der Waals surface area contributed by atoms with Gasteiger partial charge in [0.15, 0.2) is 6.61 Å². The maximum absolute atomic E-state index is 13.0. The number of rotatable bonds is 7. The molecule has 0 radical (unpaired) electrons. The second-order valence-electron chi connectivity index (χ2n) is 6.58. The molecule has 1 N–H and O–H groups in total. The predicted octanol–water partition coefficient (Wildman–Crippen LogP) is 3.49. The number of carbonyl (C=O) groups excluding carboxylic acids is 1. The van der Waals surface area contributed by atoms with Gasteiger partial charge in [-0.15, -0.1) is 0 Å². The number of hydrogen-bond donors (Lipinski definition) is 1. The topological polar surface area (TPSA) is 66.8 Å². The Labute approximate surface area is 157 Å². The van der Waals surface area contributed by atoms with Crippen LogP contribution in [-0.2, 0) is 21.5 Å². The van der Waals surface area contributed by atoms with Gasteiger partial charge in [-0.1, -0.05) is 35.9 Å². The minimum atomic E-state index is -1.02. The van der Waals surface area contributed by atoms with E-state index >= 15 is 0 Å². The second-order valence-corrected chi connectivity index (χ2v) is 7.02. The van der Waals surface area contributed by atoms with Gasteiger partial charge in [0.2, 0.25) is 5.91 Å². The Kier molecular flexibility index (Phi) is 5.18. The monoisotopic (exact) mass is 373 g/mol. The molecular weight excluding hydrogens is 354 g/mol. The Morgan fingerprint density at radius 3 is 2.46 bits per heavy atom. The van der Waals surface area contributed by atoms with Gasteiger partial charge in [0.05, 0.1) is 5.41 Å². The van der Waals surface area contributed by atoms with E-state index in [9.17, 15) is 9.59 Å². The number of carbonyl (C=O) groups is 2. The Hall–Kier alpha value is -2.53. The number of halogens is 1. The standard InChI is InChI=1S/C20H20ClNO4/c1-22(12-14-5-7-17(8-6-14)26-13-18(23)24)19(25)20(9-10-20)15-3-2-4-16(21)11-15/h2-8,11H,9-10,12-13H2,1H3,(H,23,24). The largest absolute Gasteiger partial charge is 0.482 e. The zero-order valence-electron chi connectivity index (χ0n) is 14.4. The van der Waals surface area contributed by atoms with E-state index in [1.807, 2.05) is 36.4 Å². The number of likely N-dealkylation sites (N-methyl/N-ethyl adjacent to an activating group) is 1. The number of carboxylic acid groups (broad SMARTS) is 1. The van der Waals surface area contributed by atoms with E-state index in [-0.39, 0.29) is 12.5 Å². The van der Waals surface area contributed by atoms with E-state index in [2.05, 4.69) is 0 Å². The fraction of sp³-hybridized carbons (Fsp3) is 0.300. The molecule has 2 aromatic carbocycles. The number of aliphatic carboxylic acids is 1. The van der Waals surface area contributed by atoms with Crippen molar-refractivity contribution in [1.29, 1.82) is 0 Å². The number of carboxylic acids is 1. The predicted molar refractivity (Wildman–Crippen MR) is 98.4 cm³/mol. The van der Waals surface area contributed by atoms with Crippen molar-refractivity contribution in [3.63, 3.8) is 0 Å². The van der Waals surface area contributed by atoms with Crippen LogP contribution in [0.4, 0.5) is 0 Å². The summed E-state index contributed by atoms with van der Waals surface area (Å²) in [4.78, 5) is 25.2. The lowest BCUT2D eigenvalue weighted by Gasteiger charge is -2.24. The summed E-state index contributed by atoms with van der Waals surface area (Å²) in [7, 11) is 1.79. The molecule has 5 nitrogen and oxygen atoms in total. The highest BCUT2D eigenvalue weighted by Crippen LogP contribution is 2.50. The summed E-state index contributed by atoms with van der Waals surface area (Å²) in [5.41, 5.74) is 1.47. The minimum Gasteiger partial charge on any atom is -0.482 e. The molecule has 0 bridgehead atoms. The van der Waals surface area contributed by atoms with Gasteiger partial charge in [0, 0.05) is 18.6 Å². The number of benzene rings is 2. The molecule has 0 aromatic heterocycles. The molecule has 1 aliphatic carbocycles. The molecule has 6 heteroatoms. The molecule has 1 aliphatic rings. The number of ether oxygens (including phenoxy) is 1. The zero-order chi connectivity index (χ0) is 18.7. The van der Waals surface area contributed by atoms with Gasteiger partial charge in [0.1, 0.15) is 5.75 Å². The van der Waals surface area contributed by atoms with Crippen LogP contribution in [0.2, 0.25) is 5.02 Å². The lowest BCUT2D eigenvalue weighted by Crippen LogP contribution is -2.36. The first-order chi connectivity index (χ1) is 12.4. The number of nitrogens with zero attached hydrogens (tertiary/aromatic N) is 1. The molecule has 0 spiro atoms. The smallest absolute Gasteiger partial charge is 0.341 e. The molecule has 0 unspecified atom stereocenters. The second kappa shape index (κ2) is 7.38. The third-order valence-corrected chi connectivity index (χ3v) is 4.82. The summed E-state index contributed by atoms with van der Waals surface area (Å²) < 4.78 is 5.12. The summed E-state index contributed by atoms with van der Waals surface area (Å²) >= 11 is 6.08. The van der Waals surface area contributed by atoms with Crippen LogP contribution in [0.25, 0.3) is 0 Å². The highest BCUT2D eigenvalue weighted by atomic mass is 35.5. The maximum atomic E-state index is 13.0. The van der Waals surface area contributed by atoms with Crippen LogP contribution in [0.3, 0.4) is 0 Å². The Morgan fingerprint density at radius 2 is 1.88 bits per heavy atom.